The summed E-state index contributed by atoms with van der Waals surface area (Å²) >= 11 is 0. The van der Waals surface area contributed by atoms with Crippen molar-refractivity contribution in [3.63, 3.8) is 0 Å². The van der Waals surface area contributed by atoms with E-state index in [1.807, 2.05) is 30.3 Å². The zero-order valence-corrected chi connectivity index (χ0v) is 17.9. The number of halogens is 3. The average Bonchev–Trinajstić information content (AvgIpc) is 2.81. The first-order chi connectivity index (χ1) is 16.2. The molecule has 0 bridgehead atoms. The van der Waals surface area contributed by atoms with Gasteiger partial charge in [-0.1, -0.05) is 30.3 Å². The van der Waals surface area contributed by atoms with Crippen LogP contribution in [0.2, 0.25) is 0 Å². The molecule has 1 aromatic heterocycles. The smallest absolute Gasteiger partial charge is 0.475 e. The third-order valence-electron chi connectivity index (χ3n) is 5.00. The minimum absolute atomic E-state index is 0.153. The molecule has 9 nitrogen and oxygen atoms in total. The molecule has 0 saturated carbocycles. The lowest BCUT2D eigenvalue weighted by Gasteiger charge is -2.20. The Kier molecular flexibility index (Phi) is 7.84. The van der Waals surface area contributed by atoms with Gasteiger partial charge in [0, 0.05) is 24.2 Å². The summed E-state index contributed by atoms with van der Waals surface area (Å²) < 4.78 is 33.1. The van der Waals surface area contributed by atoms with E-state index in [2.05, 4.69) is 27.1 Å². The number of anilines is 1. The summed E-state index contributed by atoms with van der Waals surface area (Å²) in [4.78, 5) is 33.6. The predicted molar refractivity (Wildman–Crippen MR) is 119 cm³/mol. The summed E-state index contributed by atoms with van der Waals surface area (Å²) in [5, 5.41) is 21.8. The summed E-state index contributed by atoms with van der Waals surface area (Å²) in [5.74, 6) is -2.76. The fourth-order valence-corrected chi connectivity index (χ4v) is 3.38. The molecular formula is C22H22F3N5O4. The highest BCUT2D eigenvalue weighted by Crippen LogP contribution is 2.22. The predicted octanol–water partition coefficient (Wildman–Crippen LogP) is 2.50. The number of aromatic nitrogens is 2. The third-order valence-corrected chi connectivity index (χ3v) is 5.00. The van der Waals surface area contributed by atoms with Crippen molar-refractivity contribution in [3.05, 3.63) is 70.1 Å². The van der Waals surface area contributed by atoms with Gasteiger partial charge in [0.2, 0.25) is 0 Å². The first-order valence-corrected chi connectivity index (χ1v) is 10.3. The van der Waals surface area contributed by atoms with Crippen LogP contribution in [0.3, 0.4) is 0 Å². The van der Waals surface area contributed by atoms with E-state index < -0.39 is 12.1 Å². The number of benzene rings is 2. The standard InChI is InChI=1S/C20H21N5O2.C2HF3O2/c26-19-17-6-2-1-4-15(17)13-23-25(19)11-10-22-20(27)24-18-7-3-5-14-12-21-9-8-16(14)18;3-2(4,5)1(6)7/h1-7,13,21H,8-12H2,(H2,22,24,27);(H,6,7). The van der Waals surface area contributed by atoms with Gasteiger partial charge in [0.25, 0.3) is 5.56 Å². The Bertz CT molecular complexity index is 1240. The number of urea groups is 1. The molecular weight excluding hydrogens is 455 g/mol. The molecule has 1 aliphatic rings. The quantitative estimate of drug-likeness (QED) is 0.458. The molecule has 180 valence electrons. The number of fused-ring (bicyclic) bond motifs is 2. The van der Waals surface area contributed by atoms with Crippen LogP contribution >= 0.6 is 0 Å². The van der Waals surface area contributed by atoms with Gasteiger partial charge in [0.05, 0.1) is 18.1 Å². The van der Waals surface area contributed by atoms with Crippen molar-refractivity contribution >= 4 is 28.5 Å². The van der Waals surface area contributed by atoms with Gasteiger partial charge in [-0.05, 0) is 36.2 Å². The van der Waals surface area contributed by atoms with E-state index in [-0.39, 0.29) is 11.6 Å². The number of carboxylic acids is 1. The summed E-state index contributed by atoms with van der Waals surface area (Å²) in [6.07, 6.45) is -2.52. The Labute approximate surface area is 191 Å². The Hall–Kier alpha value is -3.93. The average molecular weight is 477 g/mol. The van der Waals surface area contributed by atoms with E-state index in [1.165, 1.54) is 15.8 Å². The van der Waals surface area contributed by atoms with Gasteiger partial charge >= 0.3 is 18.2 Å². The summed E-state index contributed by atoms with van der Waals surface area (Å²) in [5.41, 5.74) is 3.08. The molecule has 1 aliphatic heterocycles. The molecule has 12 heteroatoms. The largest absolute Gasteiger partial charge is 0.490 e. The molecule has 0 unspecified atom stereocenters. The Morgan fingerprint density at radius 2 is 1.88 bits per heavy atom. The highest BCUT2D eigenvalue weighted by molar-refractivity contribution is 5.90. The molecule has 0 radical (unpaired) electrons. The first kappa shape index (κ1) is 24.7. The van der Waals surface area contributed by atoms with E-state index in [1.54, 1.807) is 12.3 Å². The number of rotatable bonds is 4. The molecule has 0 fully saturated rings. The number of carbonyl (C=O) groups excluding carboxylic acids is 1. The van der Waals surface area contributed by atoms with Crippen LogP contribution in [0.1, 0.15) is 11.1 Å². The maximum absolute atomic E-state index is 12.4. The van der Waals surface area contributed by atoms with Gasteiger partial charge in [-0.3, -0.25) is 4.79 Å². The van der Waals surface area contributed by atoms with Crippen LogP contribution < -0.4 is 21.5 Å². The van der Waals surface area contributed by atoms with Gasteiger partial charge in [0.15, 0.2) is 0 Å². The van der Waals surface area contributed by atoms with Crippen molar-refractivity contribution in [2.75, 3.05) is 18.4 Å². The van der Waals surface area contributed by atoms with Crippen molar-refractivity contribution < 1.29 is 27.9 Å². The van der Waals surface area contributed by atoms with Gasteiger partial charge in [-0.25, -0.2) is 14.3 Å². The molecule has 34 heavy (non-hydrogen) atoms. The number of amides is 2. The lowest BCUT2D eigenvalue weighted by molar-refractivity contribution is -0.192. The number of nitrogens with one attached hydrogen (secondary N) is 3. The second kappa shape index (κ2) is 10.8. The van der Waals surface area contributed by atoms with Gasteiger partial charge < -0.3 is 21.1 Å². The maximum Gasteiger partial charge on any atom is 0.490 e. The highest BCUT2D eigenvalue weighted by atomic mass is 19.4. The Morgan fingerprint density at radius 1 is 1.15 bits per heavy atom. The summed E-state index contributed by atoms with van der Waals surface area (Å²) in [7, 11) is 0. The van der Waals surface area contributed by atoms with Crippen LogP contribution in [0, 0.1) is 0 Å². The van der Waals surface area contributed by atoms with Gasteiger partial charge in [0.1, 0.15) is 0 Å². The maximum atomic E-state index is 12.4. The Balaban J connectivity index is 0.000000406. The van der Waals surface area contributed by atoms with E-state index in [9.17, 15) is 22.8 Å². The van der Waals surface area contributed by atoms with Gasteiger partial charge in [-0.2, -0.15) is 18.3 Å². The minimum Gasteiger partial charge on any atom is -0.475 e. The lowest BCUT2D eigenvalue weighted by atomic mass is 9.99. The van der Waals surface area contributed by atoms with Crippen LogP contribution in [-0.2, 0) is 24.3 Å². The van der Waals surface area contributed by atoms with E-state index in [4.69, 9.17) is 9.90 Å². The van der Waals surface area contributed by atoms with Crippen molar-refractivity contribution in [1.29, 1.82) is 0 Å². The number of hydrogen-bond acceptors (Lipinski definition) is 5. The van der Waals surface area contributed by atoms with E-state index in [0.717, 1.165) is 30.6 Å². The second-order valence-corrected chi connectivity index (χ2v) is 7.31. The van der Waals surface area contributed by atoms with Crippen LogP contribution in [0.25, 0.3) is 10.8 Å². The van der Waals surface area contributed by atoms with E-state index >= 15 is 0 Å². The molecule has 2 aromatic carbocycles. The molecule has 0 saturated heterocycles. The summed E-state index contributed by atoms with van der Waals surface area (Å²) in [6.45, 7) is 2.36. The highest BCUT2D eigenvalue weighted by Gasteiger charge is 2.38. The SMILES string of the molecule is O=C(NCCn1ncc2ccccc2c1=O)Nc1cccc2c1CCNC2.O=C(O)C(F)(F)F. The molecule has 4 N–H and O–H groups in total. The first-order valence-electron chi connectivity index (χ1n) is 10.3. The second-order valence-electron chi connectivity index (χ2n) is 7.31. The number of aliphatic carboxylic acids is 1. The molecule has 0 atom stereocenters. The summed E-state index contributed by atoms with van der Waals surface area (Å²) in [6, 6.07) is 13.0. The molecule has 0 aliphatic carbocycles. The van der Waals surface area contributed by atoms with Crippen molar-refractivity contribution in [1.82, 2.24) is 20.4 Å². The number of nitrogens with zero attached hydrogens (tertiary/aromatic N) is 2. The van der Waals surface area contributed by atoms with Crippen molar-refractivity contribution in [2.45, 2.75) is 25.7 Å². The fourth-order valence-electron chi connectivity index (χ4n) is 3.38. The zero-order chi connectivity index (χ0) is 24.7. The Morgan fingerprint density at radius 3 is 2.62 bits per heavy atom. The van der Waals surface area contributed by atoms with Gasteiger partial charge in [-0.15, -0.1) is 0 Å². The zero-order valence-electron chi connectivity index (χ0n) is 17.9. The van der Waals surface area contributed by atoms with Crippen LogP contribution in [-0.4, -0.2) is 46.2 Å². The molecule has 2 amide bonds. The van der Waals surface area contributed by atoms with E-state index in [0.29, 0.717) is 18.5 Å². The number of carboxylic acid groups (broad SMARTS) is 1. The number of alkyl halides is 3. The fraction of sp³-hybridized carbons (Fsp3) is 0.273. The number of hydrogen-bond donors (Lipinski definition) is 4. The molecule has 4 rings (SSSR count). The molecule has 3 aromatic rings. The van der Waals surface area contributed by atoms with Crippen molar-refractivity contribution in [3.8, 4) is 0 Å². The topological polar surface area (TPSA) is 125 Å². The number of carbonyl (C=O) groups is 2. The van der Waals surface area contributed by atoms with Crippen LogP contribution in [0.4, 0.5) is 23.7 Å². The van der Waals surface area contributed by atoms with Crippen molar-refractivity contribution in [2.24, 2.45) is 0 Å². The van der Waals surface area contributed by atoms with Crippen LogP contribution in [0.5, 0.6) is 0 Å². The molecule has 0 spiro atoms. The minimum atomic E-state index is -5.08. The van der Waals surface area contributed by atoms with Crippen LogP contribution in [0.15, 0.2) is 53.5 Å². The monoisotopic (exact) mass is 477 g/mol. The molecule has 2 heterocycles. The normalized spacial score (nSPS) is 12.8. The third kappa shape index (κ3) is 6.32. The lowest BCUT2D eigenvalue weighted by Crippen LogP contribution is -2.35.